The van der Waals surface area contributed by atoms with Crippen molar-refractivity contribution in [3.63, 3.8) is 0 Å². The van der Waals surface area contributed by atoms with Crippen LogP contribution in [0.4, 0.5) is 0 Å². The summed E-state index contributed by atoms with van der Waals surface area (Å²) in [6.45, 7) is 3.60. The van der Waals surface area contributed by atoms with E-state index in [4.69, 9.17) is 0 Å². The molecule has 0 aromatic carbocycles. The molecular weight excluding hydrogens is 268 g/mol. The van der Waals surface area contributed by atoms with Crippen molar-refractivity contribution in [3.05, 3.63) is 21.9 Å². The molecule has 1 N–H and O–H groups in total. The van der Waals surface area contributed by atoms with Crippen molar-refractivity contribution in [1.82, 2.24) is 10.2 Å². The minimum Gasteiger partial charge on any atom is -0.321 e. The van der Waals surface area contributed by atoms with Crippen molar-refractivity contribution >= 4 is 17.2 Å². The number of thiophene rings is 1. The first-order valence-electron chi connectivity index (χ1n) is 7.80. The minimum atomic E-state index is 0.125. The Bertz CT molecular complexity index is 526. The van der Waals surface area contributed by atoms with E-state index in [9.17, 15) is 4.79 Å². The van der Waals surface area contributed by atoms with E-state index >= 15 is 0 Å². The second-order valence-electron chi connectivity index (χ2n) is 6.71. The summed E-state index contributed by atoms with van der Waals surface area (Å²) in [5.74, 6) is 2.88. The molecule has 2 saturated carbocycles. The number of rotatable bonds is 3. The van der Waals surface area contributed by atoms with Crippen molar-refractivity contribution < 1.29 is 4.79 Å². The molecule has 3 aliphatic rings. The maximum Gasteiger partial charge on any atom is 0.238 e. The van der Waals surface area contributed by atoms with Crippen molar-refractivity contribution in [2.45, 2.75) is 38.8 Å². The van der Waals surface area contributed by atoms with Crippen LogP contribution in [-0.4, -0.2) is 23.9 Å². The van der Waals surface area contributed by atoms with Crippen molar-refractivity contribution in [2.24, 2.45) is 17.8 Å². The Morgan fingerprint density at radius 1 is 1.35 bits per heavy atom. The Hall–Kier alpha value is -0.870. The molecule has 3 nitrogen and oxygen atoms in total. The number of nitrogens with zero attached hydrogens (tertiary/aromatic N) is 1. The van der Waals surface area contributed by atoms with Gasteiger partial charge in [-0.3, -0.25) is 10.1 Å². The third kappa shape index (κ3) is 2.09. The van der Waals surface area contributed by atoms with Crippen LogP contribution in [-0.2, 0) is 4.79 Å². The lowest BCUT2D eigenvalue weighted by Gasteiger charge is -2.30. The summed E-state index contributed by atoms with van der Waals surface area (Å²) in [5, 5.41) is 3.39. The number of fused-ring (bicyclic) bond motifs is 2. The molecule has 0 spiro atoms. The van der Waals surface area contributed by atoms with E-state index in [0.29, 0.717) is 6.54 Å². The van der Waals surface area contributed by atoms with Crippen LogP contribution in [0, 0.1) is 24.7 Å². The maximum atomic E-state index is 12.2. The molecule has 108 valence electrons. The SMILES string of the molecule is Cc1ccc(C2NCC(=O)N2CC2CC3CCC2C3)s1. The number of hydrogen-bond donors (Lipinski definition) is 1. The molecule has 2 heterocycles. The van der Waals surface area contributed by atoms with Crippen LogP contribution in [0.15, 0.2) is 12.1 Å². The predicted octanol–water partition coefficient (Wildman–Crippen LogP) is 2.92. The summed E-state index contributed by atoms with van der Waals surface area (Å²) in [6, 6.07) is 4.32. The smallest absolute Gasteiger partial charge is 0.238 e. The van der Waals surface area contributed by atoms with Crippen LogP contribution in [0.2, 0.25) is 0 Å². The monoisotopic (exact) mass is 290 g/mol. The molecule has 1 aromatic heterocycles. The molecule has 2 bridgehead atoms. The van der Waals surface area contributed by atoms with Gasteiger partial charge in [0.15, 0.2) is 0 Å². The highest BCUT2D eigenvalue weighted by Crippen LogP contribution is 2.49. The normalized spacial score (nSPS) is 36.2. The molecule has 4 rings (SSSR count). The van der Waals surface area contributed by atoms with E-state index in [1.54, 1.807) is 0 Å². The van der Waals surface area contributed by atoms with Crippen molar-refractivity contribution in [1.29, 1.82) is 0 Å². The summed E-state index contributed by atoms with van der Waals surface area (Å²) >= 11 is 1.81. The Morgan fingerprint density at radius 2 is 2.25 bits per heavy atom. The van der Waals surface area contributed by atoms with Crippen LogP contribution in [0.25, 0.3) is 0 Å². The quantitative estimate of drug-likeness (QED) is 0.928. The van der Waals surface area contributed by atoms with E-state index in [1.807, 2.05) is 11.3 Å². The molecule has 1 aromatic rings. The molecule has 3 fully saturated rings. The standard InChI is InChI=1S/C16H22N2OS/c1-10-2-5-14(20-10)16-17-8-15(19)18(16)9-13-7-11-3-4-12(13)6-11/h2,5,11-13,16-17H,3-4,6-9H2,1H3. The van der Waals surface area contributed by atoms with Gasteiger partial charge in [-0.1, -0.05) is 6.42 Å². The lowest BCUT2D eigenvalue weighted by molar-refractivity contribution is -0.128. The summed E-state index contributed by atoms with van der Waals surface area (Å²) in [4.78, 5) is 16.9. The van der Waals surface area contributed by atoms with Gasteiger partial charge in [0.2, 0.25) is 5.91 Å². The van der Waals surface area contributed by atoms with Gasteiger partial charge in [-0.15, -0.1) is 11.3 Å². The fourth-order valence-corrected chi connectivity index (χ4v) is 5.42. The van der Waals surface area contributed by atoms with Crippen molar-refractivity contribution in [3.8, 4) is 0 Å². The summed E-state index contributed by atoms with van der Waals surface area (Å²) in [7, 11) is 0. The van der Waals surface area contributed by atoms with Gasteiger partial charge in [0, 0.05) is 16.3 Å². The third-order valence-corrected chi connectivity index (χ3v) is 6.48. The van der Waals surface area contributed by atoms with E-state index in [2.05, 4.69) is 29.3 Å². The fourth-order valence-electron chi connectivity index (χ4n) is 4.45. The van der Waals surface area contributed by atoms with E-state index < -0.39 is 0 Å². The van der Waals surface area contributed by atoms with Gasteiger partial charge in [-0.2, -0.15) is 0 Å². The van der Waals surface area contributed by atoms with Gasteiger partial charge < -0.3 is 4.90 Å². The highest BCUT2D eigenvalue weighted by molar-refractivity contribution is 7.12. The van der Waals surface area contributed by atoms with E-state index in [-0.39, 0.29) is 12.1 Å². The average Bonchev–Trinajstić information content (AvgIpc) is 3.17. The minimum absolute atomic E-state index is 0.125. The second kappa shape index (κ2) is 4.85. The van der Waals surface area contributed by atoms with Gasteiger partial charge in [0.05, 0.1) is 6.54 Å². The fraction of sp³-hybridized carbons (Fsp3) is 0.688. The second-order valence-corrected chi connectivity index (χ2v) is 8.03. The Balaban J connectivity index is 1.51. The molecule has 2 aliphatic carbocycles. The Labute approximate surface area is 124 Å². The van der Waals surface area contributed by atoms with E-state index in [1.165, 1.54) is 35.4 Å². The molecule has 1 saturated heterocycles. The zero-order valence-corrected chi connectivity index (χ0v) is 12.8. The Kier molecular flexibility index (Phi) is 3.11. The zero-order chi connectivity index (χ0) is 13.7. The number of amides is 1. The first-order valence-corrected chi connectivity index (χ1v) is 8.61. The van der Waals surface area contributed by atoms with Gasteiger partial charge in [0.1, 0.15) is 6.17 Å². The van der Waals surface area contributed by atoms with Gasteiger partial charge in [-0.05, 0) is 56.1 Å². The lowest BCUT2D eigenvalue weighted by Crippen LogP contribution is -2.36. The Morgan fingerprint density at radius 3 is 2.90 bits per heavy atom. The predicted molar refractivity (Wildman–Crippen MR) is 80.5 cm³/mol. The summed E-state index contributed by atoms with van der Waals surface area (Å²) in [6.07, 6.45) is 5.72. The topological polar surface area (TPSA) is 32.3 Å². The van der Waals surface area contributed by atoms with Crippen LogP contribution in [0.3, 0.4) is 0 Å². The van der Waals surface area contributed by atoms with Gasteiger partial charge >= 0.3 is 0 Å². The molecule has 4 unspecified atom stereocenters. The first kappa shape index (κ1) is 12.8. The molecule has 20 heavy (non-hydrogen) atoms. The van der Waals surface area contributed by atoms with Crippen LogP contribution < -0.4 is 5.32 Å². The molecule has 1 amide bonds. The van der Waals surface area contributed by atoms with E-state index in [0.717, 1.165) is 24.3 Å². The number of hydrogen-bond acceptors (Lipinski definition) is 3. The highest BCUT2D eigenvalue weighted by atomic mass is 32.1. The van der Waals surface area contributed by atoms with Crippen LogP contribution in [0.5, 0.6) is 0 Å². The molecule has 4 atom stereocenters. The average molecular weight is 290 g/mol. The third-order valence-electron chi connectivity index (χ3n) is 5.43. The zero-order valence-electron chi connectivity index (χ0n) is 12.0. The first-order chi connectivity index (χ1) is 9.70. The summed E-state index contributed by atoms with van der Waals surface area (Å²) < 4.78 is 0. The summed E-state index contributed by atoms with van der Waals surface area (Å²) in [5.41, 5.74) is 0. The van der Waals surface area contributed by atoms with Crippen LogP contribution in [0.1, 0.15) is 41.6 Å². The van der Waals surface area contributed by atoms with Crippen molar-refractivity contribution in [2.75, 3.05) is 13.1 Å². The molecule has 4 heteroatoms. The number of nitrogens with one attached hydrogen (secondary N) is 1. The lowest BCUT2D eigenvalue weighted by atomic mass is 9.88. The number of aryl methyl sites for hydroxylation is 1. The maximum absolute atomic E-state index is 12.2. The van der Waals surface area contributed by atoms with Gasteiger partial charge in [0.25, 0.3) is 0 Å². The number of carbonyl (C=O) groups excluding carboxylic acids is 1. The van der Waals surface area contributed by atoms with Crippen LogP contribution >= 0.6 is 11.3 Å². The molecular formula is C16H22N2OS. The highest BCUT2D eigenvalue weighted by Gasteiger charge is 2.42. The molecule has 1 aliphatic heterocycles. The van der Waals surface area contributed by atoms with Gasteiger partial charge in [-0.25, -0.2) is 0 Å². The number of carbonyl (C=O) groups is 1. The molecule has 0 radical (unpaired) electrons. The largest absolute Gasteiger partial charge is 0.321 e.